The van der Waals surface area contributed by atoms with Crippen LogP contribution in [0.5, 0.6) is 0 Å². The Kier molecular flexibility index (Phi) is 3.50. The van der Waals surface area contributed by atoms with Crippen LogP contribution in [0, 0.1) is 22.0 Å². The zero-order valence-electron chi connectivity index (χ0n) is 12.9. The van der Waals surface area contributed by atoms with Crippen LogP contribution in [-0.4, -0.2) is 35.0 Å². The van der Waals surface area contributed by atoms with Crippen LogP contribution in [0.1, 0.15) is 32.4 Å². The molecule has 0 radical (unpaired) electrons. The Bertz CT molecular complexity index is 558. The molecule has 5 nitrogen and oxygen atoms in total. The van der Waals surface area contributed by atoms with Gasteiger partial charge in [0, 0.05) is 36.3 Å². The van der Waals surface area contributed by atoms with Gasteiger partial charge in [0.2, 0.25) is 0 Å². The zero-order valence-corrected chi connectivity index (χ0v) is 12.9. The molecule has 3 unspecified atom stereocenters. The quantitative estimate of drug-likeness (QED) is 0.686. The van der Waals surface area contributed by atoms with Gasteiger partial charge in [0.25, 0.3) is 5.69 Å². The summed E-state index contributed by atoms with van der Waals surface area (Å²) in [6.07, 6.45) is 0. The number of benzene rings is 1. The van der Waals surface area contributed by atoms with Gasteiger partial charge in [-0.2, -0.15) is 0 Å². The van der Waals surface area contributed by atoms with Crippen molar-refractivity contribution in [3.8, 4) is 0 Å². The van der Waals surface area contributed by atoms with E-state index >= 15 is 0 Å². The van der Waals surface area contributed by atoms with Gasteiger partial charge in [0.15, 0.2) is 0 Å². The molecule has 0 aromatic heterocycles. The molecule has 1 aromatic carbocycles. The Morgan fingerprint density at radius 1 is 1.38 bits per heavy atom. The van der Waals surface area contributed by atoms with Crippen molar-refractivity contribution in [2.75, 3.05) is 19.6 Å². The Hall–Kier alpha value is -1.46. The van der Waals surface area contributed by atoms with Crippen molar-refractivity contribution in [3.63, 3.8) is 0 Å². The number of nitro groups is 1. The third kappa shape index (κ3) is 2.24. The SMILES string of the molecule is CC(c1ccccc1[N+](=O)[O-])N1CC2CNCC2C1(C)C. The Morgan fingerprint density at radius 2 is 2.10 bits per heavy atom. The smallest absolute Gasteiger partial charge is 0.274 e. The number of hydrogen-bond acceptors (Lipinski definition) is 4. The van der Waals surface area contributed by atoms with E-state index in [0.29, 0.717) is 11.8 Å². The van der Waals surface area contributed by atoms with Crippen molar-refractivity contribution in [2.45, 2.75) is 32.4 Å². The number of nitrogens with one attached hydrogen (secondary N) is 1. The van der Waals surface area contributed by atoms with Gasteiger partial charge in [0.05, 0.1) is 4.92 Å². The maximum absolute atomic E-state index is 11.3. The lowest BCUT2D eigenvalue weighted by Crippen LogP contribution is -2.45. The summed E-state index contributed by atoms with van der Waals surface area (Å²) < 4.78 is 0. The lowest BCUT2D eigenvalue weighted by molar-refractivity contribution is -0.386. The molecule has 21 heavy (non-hydrogen) atoms. The summed E-state index contributed by atoms with van der Waals surface area (Å²) >= 11 is 0. The molecule has 0 spiro atoms. The molecule has 0 aliphatic carbocycles. The Labute approximate surface area is 125 Å². The fraction of sp³-hybridized carbons (Fsp3) is 0.625. The summed E-state index contributed by atoms with van der Waals surface area (Å²) in [6.45, 7) is 9.77. The fourth-order valence-electron chi connectivity index (χ4n) is 4.28. The molecule has 2 aliphatic heterocycles. The van der Waals surface area contributed by atoms with Crippen LogP contribution >= 0.6 is 0 Å². The molecule has 2 heterocycles. The van der Waals surface area contributed by atoms with Gasteiger partial charge in [-0.1, -0.05) is 18.2 Å². The second-order valence-corrected chi connectivity index (χ2v) is 6.82. The van der Waals surface area contributed by atoms with E-state index in [2.05, 4.69) is 31.0 Å². The average molecular weight is 289 g/mol. The molecule has 2 saturated heterocycles. The van der Waals surface area contributed by atoms with E-state index in [0.717, 1.165) is 25.2 Å². The topological polar surface area (TPSA) is 58.4 Å². The summed E-state index contributed by atoms with van der Waals surface area (Å²) in [7, 11) is 0. The van der Waals surface area contributed by atoms with Gasteiger partial charge in [-0.3, -0.25) is 15.0 Å². The second-order valence-electron chi connectivity index (χ2n) is 6.82. The highest BCUT2D eigenvalue weighted by atomic mass is 16.6. The first-order chi connectivity index (χ1) is 9.93. The number of fused-ring (bicyclic) bond motifs is 1. The first-order valence-corrected chi connectivity index (χ1v) is 7.63. The van der Waals surface area contributed by atoms with Crippen LogP contribution < -0.4 is 5.32 Å². The van der Waals surface area contributed by atoms with Gasteiger partial charge in [-0.15, -0.1) is 0 Å². The minimum absolute atomic E-state index is 0.0622. The maximum atomic E-state index is 11.3. The lowest BCUT2D eigenvalue weighted by Gasteiger charge is -2.39. The lowest BCUT2D eigenvalue weighted by atomic mass is 9.84. The van der Waals surface area contributed by atoms with E-state index in [9.17, 15) is 10.1 Å². The van der Waals surface area contributed by atoms with Gasteiger partial charge >= 0.3 is 0 Å². The molecule has 2 fully saturated rings. The highest BCUT2D eigenvalue weighted by Gasteiger charge is 2.51. The third-order valence-corrected chi connectivity index (χ3v) is 5.47. The van der Waals surface area contributed by atoms with E-state index in [1.807, 2.05) is 12.1 Å². The van der Waals surface area contributed by atoms with E-state index < -0.39 is 0 Å². The van der Waals surface area contributed by atoms with Crippen LogP contribution in [0.3, 0.4) is 0 Å². The molecule has 2 aliphatic rings. The second kappa shape index (κ2) is 5.07. The molecule has 1 N–H and O–H groups in total. The number of nitrogens with zero attached hydrogens (tertiary/aromatic N) is 2. The van der Waals surface area contributed by atoms with Gasteiger partial charge in [0.1, 0.15) is 0 Å². The zero-order chi connectivity index (χ0) is 15.2. The molecule has 3 rings (SSSR count). The number of rotatable bonds is 3. The van der Waals surface area contributed by atoms with Crippen LogP contribution in [0.4, 0.5) is 5.69 Å². The minimum atomic E-state index is -0.267. The summed E-state index contributed by atoms with van der Waals surface area (Å²) in [5.74, 6) is 1.29. The highest BCUT2D eigenvalue weighted by molar-refractivity contribution is 5.42. The minimum Gasteiger partial charge on any atom is -0.316 e. The van der Waals surface area contributed by atoms with Gasteiger partial charge < -0.3 is 5.32 Å². The largest absolute Gasteiger partial charge is 0.316 e. The maximum Gasteiger partial charge on any atom is 0.274 e. The monoisotopic (exact) mass is 289 g/mol. The molecule has 0 bridgehead atoms. The first-order valence-electron chi connectivity index (χ1n) is 7.63. The van der Waals surface area contributed by atoms with Crippen molar-refractivity contribution in [1.82, 2.24) is 10.2 Å². The third-order valence-electron chi connectivity index (χ3n) is 5.47. The summed E-state index contributed by atoms with van der Waals surface area (Å²) in [5, 5.41) is 14.7. The molecule has 0 saturated carbocycles. The van der Waals surface area contributed by atoms with Gasteiger partial charge in [-0.05, 0) is 39.2 Å². The van der Waals surface area contributed by atoms with E-state index in [4.69, 9.17) is 0 Å². The van der Waals surface area contributed by atoms with Gasteiger partial charge in [-0.25, -0.2) is 0 Å². The van der Waals surface area contributed by atoms with Crippen molar-refractivity contribution in [1.29, 1.82) is 0 Å². The molecule has 1 aromatic rings. The van der Waals surface area contributed by atoms with Crippen LogP contribution in [0.2, 0.25) is 0 Å². The van der Waals surface area contributed by atoms with Crippen LogP contribution in [0.15, 0.2) is 24.3 Å². The molecular formula is C16H23N3O2. The predicted molar refractivity (Wildman–Crippen MR) is 82.1 cm³/mol. The Morgan fingerprint density at radius 3 is 2.76 bits per heavy atom. The average Bonchev–Trinajstić information content (AvgIpc) is 3.00. The predicted octanol–water partition coefficient (Wildman–Crippen LogP) is 2.59. The molecular weight excluding hydrogens is 266 g/mol. The van der Waals surface area contributed by atoms with Crippen molar-refractivity contribution >= 4 is 5.69 Å². The number of nitro benzene ring substituents is 1. The number of para-hydroxylation sites is 1. The van der Waals surface area contributed by atoms with Crippen molar-refractivity contribution < 1.29 is 4.92 Å². The number of hydrogen-bond donors (Lipinski definition) is 1. The highest BCUT2D eigenvalue weighted by Crippen LogP contribution is 2.45. The molecule has 5 heteroatoms. The normalized spacial score (nSPS) is 29.3. The standard InChI is InChI=1S/C16H23N3O2/c1-11(13-6-4-5-7-15(13)19(20)21)18-10-12-8-17-9-14(12)16(18,2)3/h4-7,11-12,14,17H,8-10H2,1-3H3. The molecule has 3 atom stereocenters. The summed E-state index contributed by atoms with van der Waals surface area (Å²) in [4.78, 5) is 13.5. The summed E-state index contributed by atoms with van der Waals surface area (Å²) in [6, 6.07) is 7.20. The van der Waals surface area contributed by atoms with Crippen molar-refractivity contribution in [3.05, 3.63) is 39.9 Å². The molecule has 0 amide bonds. The summed E-state index contributed by atoms with van der Waals surface area (Å²) in [5.41, 5.74) is 1.12. The first kappa shape index (κ1) is 14.5. The van der Waals surface area contributed by atoms with E-state index in [-0.39, 0.29) is 22.2 Å². The Balaban J connectivity index is 1.93. The fourth-order valence-corrected chi connectivity index (χ4v) is 4.28. The van der Waals surface area contributed by atoms with E-state index in [1.54, 1.807) is 12.1 Å². The number of likely N-dealkylation sites (tertiary alicyclic amines) is 1. The van der Waals surface area contributed by atoms with Crippen LogP contribution in [0.25, 0.3) is 0 Å². The molecule has 114 valence electrons. The van der Waals surface area contributed by atoms with Crippen molar-refractivity contribution in [2.24, 2.45) is 11.8 Å². The van der Waals surface area contributed by atoms with E-state index in [1.165, 1.54) is 0 Å². The van der Waals surface area contributed by atoms with Crippen LogP contribution in [-0.2, 0) is 0 Å².